The molecule has 0 unspecified atom stereocenters. The minimum atomic E-state index is -0.245. The van der Waals surface area contributed by atoms with Crippen LogP contribution in [-0.4, -0.2) is 71.7 Å². The van der Waals surface area contributed by atoms with Crippen LogP contribution in [0.1, 0.15) is 43.1 Å². The van der Waals surface area contributed by atoms with Crippen LogP contribution in [0.4, 0.5) is 0 Å². The SMILES string of the molecule is CCCO[C@H]1C[C@@H](C(=O)N2C[C@H]3COC[C@H]3C2)CC[C@@H]1NC(=O)c1cnccn1. The van der Waals surface area contributed by atoms with Crippen molar-refractivity contribution in [3.8, 4) is 0 Å². The van der Waals surface area contributed by atoms with Crippen LogP contribution in [0.3, 0.4) is 0 Å². The maximum absolute atomic E-state index is 13.1. The second-order valence-electron chi connectivity index (χ2n) is 8.39. The summed E-state index contributed by atoms with van der Waals surface area (Å²) in [7, 11) is 0. The molecule has 8 heteroatoms. The quantitative estimate of drug-likeness (QED) is 0.770. The van der Waals surface area contributed by atoms with Gasteiger partial charge in [0.1, 0.15) is 5.69 Å². The third-order valence-electron chi connectivity index (χ3n) is 6.34. The molecule has 1 N–H and O–H groups in total. The molecule has 1 aromatic rings. The lowest BCUT2D eigenvalue weighted by molar-refractivity contribution is -0.138. The Balaban J connectivity index is 1.37. The molecule has 1 aliphatic carbocycles. The van der Waals surface area contributed by atoms with E-state index in [0.29, 0.717) is 30.6 Å². The summed E-state index contributed by atoms with van der Waals surface area (Å²) in [5.74, 6) is 0.942. The lowest BCUT2D eigenvalue weighted by Gasteiger charge is -2.37. The third-order valence-corrected chi connectivity index (χ3v) is 6.34. The van der Waals surface area contributed by atoms with Gasteiger partial charge in [0.25, 0.3) is 5.91 Å². The molecule has 8 nitrogen and oxygen atoms in total. The highest BCUT2D eigenvalue weighted by molar-refractivity contribution is 5.92. The molecule has 1 saturated carbocycles. The zero-order valence-electron chi connectivity index (χ0n) is 17.0. The molecule has 1 aromatic heterocycles. The summed E-state index contributed by atoms with van der Waals surface area (Å²) < 4.78 is 11.6. The topological polar surface area (TPSA) is 93.7 Å². The first-order valence-electron chi connectivity index (χ1n) is 10.7. The van der Waals surface area contributed by atoms with Crippen molar-refractivity contribution in [2.75, 3.05) is 32.9 Å². The van der Waals surface area contributed by atoms with Crippen LogP contribution in [0, 0.1) is 17.8 Å². The van der Waals surface area contributed by atoms with Crippen LogP contribution < -0.4 is 5.32 Å². The van der Waals surface area contributed by atoms with Gasteiger partial charge >= 0.3 is 0 Å². The van der Waals surface area contributed by atoms with Crippen molar-refractivity contribution < 1.29 is 19.1 Å². The maximum atomic E-state index is 13.1. The molecular weight excluding hydrogens is 372 g/mol. The van der Waals surface area contributed by atoms with Gasteiger partial charge in [0.15, 0.2) is 0 Å². The zero-order valence-corrected chi connectivity index (χ0v) is 17.0. The second-order valence-corrected chi connectivity index (χ2v) is 8.39. The van der Waals surface area contributed by atoms with E-state index in [2.05, 4.69) is 22.2 Å². The van der Waals surface area contributed by atoms with E-state index in [1.165, 1.54) is 12.4 Å². The number of nitrogens with one attached hydrogen (secondary N) is 1. The van der Waals surface area contributed by atoms with Gasteiger partial charge in [0, 0.05) is 49.8 Å². The molecule has 2 saturated heterocycles. The molecule has 3 heterocycles. The van der Waals surface area contributed by atoms with E-state index in [-0.39, 0.29) is 29.9 Å². The molecular formula is C21H30N4O4. The molecule has 3 fully saturated rings. The molecule has 158 valence electrons. The van der Waals surface area contributed by atoms with Crippen LogP contribution in [0.2, 0.25) is 0 Å². The van der Waals surface area contributed by atoms with Gasteiger partial charge in [-0.1, -0.05) is 6.92 Å². The number of nitrogens with zero attached hydrogens (tertiary/aromatic N) is 3. The first-order valence-corrected chi connectivity index (χ1v) is 10.7. The van der Waals surface area contributed by atoms with E-state index in [1.54, 1.807) is 6.20 Å². The van der Waals surface area contributed by atoms with Crippen molar-refractivity contribution >= 4 is 11.8 Å². The van der Waals surface area contributed by atoms with E-state index in [9.17, 15) is 9.59 Å². The highest BCUT2D eigenvalue weighted by Gasteiger charge is 2.43. The number of ether oxygens (including phenoxy) is 2. The zero-order chi connectivity index (χ0) is 20.2. The number of hydrogen-bond donors (Lipinski definition) is 1. The molecule has 4 rings (SSSR count). The molecule has 2 amide bonds. The lowest BCUT2D eigenvalue weighted by atomic mass is 9.82. The summed E-state index contributed by atoms with van der Waals surface area (Å²) in [6.45, 7) is 5.86. The van der Waals surface area contributed by atoms with Gasteiger partial charge in [0.2, 0.25) is 5.91 Å². The molecule has 5 atom stereocenters. The average Bonchev–Trinajstić information content (AvgIpc) is 3.35. The van der Waals surface area contributed by atoms with E-state index in [1.807, 2.05) is 4.90 Å². The third kappa shape index (κ3) is 4.59. The molecule has 0 bridgehead atoms. The first-order chi connectivity index (χ1) is 14.2. The van der Waals surface area contributed by atoms with Crippen LogP contribution in [0.5, 0.6) is 0 Å². The smallest absolute Gasteiger partial charge is 0.271 e. The maximum Gasteiger partial charge on any atom is 0.271 e. The van der Waals surface area contributed by atoms with Gasteiger partial charge < -0.3 is 19.7 Å². The van der Waals surface area contributed by atoms with E-state index >= 15 is 0 Å². The van der Waals surface area contributed by atoms with Crippen molar-refractivity contribution in [1.29, 1.82) is 0 Å². The van der Waals surface area contributed by atoms with Crippen LogP contribution in [-0.2, 0) is 14.3 Å². The normalized spacial score (nSPS) is 31.5. The highest BCUT2D eigenvalue weighted by Crippen LogP contribution is 2.34. The van der Waals surface area contributed by atoms with Crippen molar-refractivity contribution in [2.45, 2.75) is 44.8 Å². The van der Waals surface area contributed by atoms with Crippen LogP contribution >= 0.6 is 0 Å². The fraction of sp³-hybridized carbons (Fsp3) is 0.714. The van der Waals surface area contributed by atoms with Crippen molar-refractivity contribution in [2.24, 2.45) is 17.8 Å². The highest BCUT2D eigenvalue weighted by atomic mass is 16.5. The summed E-state index contributed by atoms with van der Waals surface area (Å²) in [5, 5.41) is 3.05. The molecule has 0 radical (unpaired) electrons. The lowest BCUT2D eigenvalue weighted by Crippen LogP contribution is -2.50. The Labute approximate surface area is 171 Å². The predicted octanol–water partition coefficient (Wildman–Crippen LogP) is 1.28. The fourth-order valence-electron chi connectivity index (χ4n) is 4.76. The molecule has 29 heavy (non-hydrogen) atoms. The fourth-order valence-corrected chi connectivity index (χ4v) is 4.76. The number of fused-ring (bicyclic) bond motifs is 1. The predicted molar refractivity (Wildman–Crippen MR) is 105 cm³/mol. The summed E-state index contributed by atoms with van der Waals surface area (Å²) in [5.41, 5.74) is 0.297. The molecule has 2 aliphatic heterocycles. The molecule has 0 aromatic carbocycles. The van der Waals surface area contributed by atoms with E-state index in [0.717, 1.165) is 45.6 Å². The van der Waals surface area contributed by atoms with Gasteiger partial charge in [-0.3, -0.25) is 14.6 Å². The van der Waals surface area contributed by atoms with Gasteiger partial charge in [-0.25, -0.2) is 4.98 Å². The second kappa shape index (κ2) is 9.17. The van der Waals surface area contributed by atoms with Crippen LogP contribution in [0.25, 0.3) is 0 Å². The largest absolute Gasteiger partial charge is 0.381 e. The van der Waals surface area contributed by atoms with Gasteiger partial charge in [-0.2, -0.15) is 0 Å². The van der Waals surface area contributed by atoms with Crippen molar-refractivity contribution in [3.63, 3.8) is 0 Å². The average molecular weight is 402 g/mol. The van der Waals surface area contributed by atoms with E-state index < -0.39 is 0 Å². The van der Waals surface area contributed by atoms with Crippen molar-refractivity contribution in [3.05, 3.63) is 24.3 Å². The number of rotatable bonds is 6. The van der Waals surface area contributed by atoms with Gasteiger partial charge in [-0.05, 0) is 25.7 Å². The number of hydrogen-bond acceptors (Lipinski definition) is 6. The first kappa shape index (κ1) is 20.2. The molecule has 0 spiro atoms. The number of carbonyl (C=O) groups is 2. The Kier molecular flexibility index (Phi) is 6.40. The Morgan fingerprint density at radius 3 is 2.72 bits per heavy atom. The van der Waals surface area contributed by atoms with E-state index in [4.69, 9.17) is 9.47 Å². The number of likely N-dealkylation sites (tertiary alicyclic amines) is 1. The number of aromatic nitrogens is 2. The number of carbonyl (C=O) groups excluding carboxylic acids is 2. The standard InChI is InChI=1S/C21H30N4O4/c1-2-7-29-19-8-14(21(27)25-10-15-12-28-13-16(15)11-25)3-4-17(19)24-20(26)18-9-22-5-6-23-18/h5-6,9,14-17,19H,2-4,7-8,10-13H2,1H3,(H,24,26)/t14-,15-,16+,17-,19-/m0/s1. The Hall–Kier alpha value is -2.06. The Bertz CT molecular complexity index is 704. The summed E-state index contributed by atoms with van der Waals surface area (Å²) in [4.78, 5) is 35.7. The van der Waals surface area contributed by atoms with Crippen molar-refractivity contribution in [1.82, 2.24) is 20.2 Å². The monoisotopic (exact) mass is 402 g/mol. The minimum Gasteiger partial charge on any atom is -0.381 e. The summed E-state index contributed by atoms with van der Waals surface area (Å²) in [6.07, 6.45) is 7.37. The number of amides is 2. The Morgan fingerprint density at radius 1 is 1.24 bits per heavy atom. The Morgan fingerprint density at radius 2 is 2.03 bits per heavy atom. The summed E-state index contributed by atoms with van der Waals surface area (Å²) >= 11 is 0. The molecule has 3 aliphatic rings. The minimum absolute atomic E-state index is 0.0405. The summed E-state index contributed by atoms with van der Waals surface area (Å²) in [6, 6.07) is -0.119. The van der Waals surface area contributed by atoms with Gasteiger partial charge in [-0.15, -0.1) is 0 Å². The van der Waals surface area contributed by atoms with Gasteiger partial charge in [0.05, 0.1) is 31.6 Å². The van der Waals surface area contributed by atoms with Crippen LogP contribution in [0.15, 0.2) is 18.6 Å².